The summed E-state index contributed by atoms with van der Waals surface area (Å²) in [7, 11) is 0. The van der Waals surface area contributed by atoms with E-state index in [0.717, 1.165) is 10.9 Å². The number of hydrogen-bond donors (Lipinski definition) is 0. The van der Waals surface area contributed by atoms with Crippen LogP contribution in [0.25, 0.3) is 11.0 Å². The van der Waals surface area contributed by atoms with Gasteiger partial charge in [-0.2, -0.15) is 0 Å². The first-order chi connectivity index (χ1) is 7.70. The normalized spacial score (nSPS) is 10.6. The molecule has 2 nitrogen and oxygen atoms in total. The van der Waals surface area contributed by atoms with Crippen molar-refractivity contribution < 1.29 is 13.5 Å². The molecule has 0 aliphatic carbocycles. The quantitative estimate of drug-likeness (QED) is 0.733. The third-order valence-corrected chi connectivity index (χ3v) is 2.35. The summed E-state index contributed by atoms with van der Waals surface area (Å²) in [6, 6.07) is 4.47. The van der Waals surface area contributed by atoms with Gasteiger partial charge in [-0.05, 0) is 25.1 Å². The summed E-state index contributed by atoms with van der Waals surface area (Å²) in [5.74, 6) is 0.395. The molecule has 0 saturated heterocycles. The lowest BCUT2D eigenvalue weighted by Crippen LogP contribution is -1.93. The largest absolute Gasteiger partial charge is 0.498 e. The van der Waals surface area contributed by atoms with Gasteiger partial charge in [0.25, 0.3) is 0 Å². The van der Waals surface area contributed by atoms with E-state index in [4.69, 9.17) is 9.15 Å². The Morgan fingerprint density at radius 1 is 1.50 bits per heavy atom. The minimum Gasteiger partial charge on any atom is -0.498 e. The van der Waals surface area contributed by atoms with E-state index in [1.165, 1.54) is 12.1 Å². The standard InChI is InChI=1S/C13H13FO2/c1-3-15-9(2)6-10-8-16-13-5-4-11(14)7-12(10)13/h4-5,7-8H,2-3,6H2,1H3. The van der Waals surface area contributed by atoms with Crippen molar-refractivity contribution in [3.8, 4) is 0 Å². The Hall–Kier alpha value is -1.77. The van der Waals surface area contributed by atoms with Gasteiger partial charge in [0.2, 0.25) is 0 Å². The highest BCUT2D eigenvalue weighted by atomic mass is 19.1. The van der Waals surface area contributed by atoms with Gasteiger partial charge < -0.3 is 9.15 Å². The number of fused-ring (bicyclic) bond motifs is 1. The summed E-state index contributed by atoms with van der Waals surface area (Å²) in [4.78, 5) is 0. The molecule has 0 spiro atoms. The number of ether oxygens (including phenoxy) is 1. The molecule has 0 N–H and O–H groups in total. The average Bonchev–Trinajstić information content (AvgIpc) is 2.61. The van der Waals surface area contributed by atoms with Crippen molar-refractivity contribution in [2.45, 2.75) is 13.3 Å². The molecule has 0 atom stereocenters. The summed E-state index contributed by atoms with van der Waals surface area (Å²) in [5, 5.41) is 0.779. The molecule has 1 heterocycles. The fourth-order valence-corrected chi connectivity index (χ4v) is 1.66. The molecule has 16 heavy (non-hydrogen) atoms. The molecule has 1 aromatic carbocycles. The van der Waals surface area contributed by atoms with Crippen molar-refractivity contribution in [3.05, 3.63) is 48.2 Å². The summed E-state index contributed by atoms with van der Waals surface area (Å²) in [5.41, 5.74) is 1.58. The van der Waals surface area contributed by atoms with Crippen molar-refractivity contribution in [2.75, 3.05) is 6.61 Å². The topological polar surface area (TPSA) is 22.4 Å². The molecule has 3 heteroatoms. The van der Waals surface area contributed by atoms with Crippen LogP contribution >= 0.6 is 0 Å². The van der Waals surface area contributed by atoms with Crippen LogP contribution in [0.5, 0.6) is 0 Å². The summed E-state index contributed by atoms with van der Waals surface area (Å²) < 4.78 is 23.7. The van der Waals surface area contributed by atoms with E-state index < -0.39 is 0 Å². The zero-order chi connectivity index (χ0) is 11.5. The predicted molar refractivity (Wildman–Crippen MR) is 60.6 cm³/mol. The number of hydrogen-bond acceptors (Lipinski definition) is 2. The Kier molecular flexibility index (Phi) is 2.95. The molecule has 0 aliphatic rings. The van der Waals surface area contributed by atoms with Crippen LogP contribution in [-0.4, -0.2) is 6.61 Å². The number of halogens is 1. The van der Waals surface area contributed by atoms with Crippen LogP contribution in [0, 0.1) is 5.82 Å². The SMILES string of the molecule is C=C(Cc1coc2ccc(F)cc12)OCC. The highest BCUT2D eigenvalue weighted by molar-refractivity contribution is 5.81. The molecule has 0 fully saturated rings. The van der Waals surface area contributed by atoms with Gasteiger partial charge >= 0.3 is 0 Å². The van der Waals surface area contributed by atoms with Crippen molar-refractivity contribution in [1.29, 1.82) is 0 Å². The first-order valence-electron chi connectivity index (χ1n) is 5.17. The summed E-state index contributed by atoms with van der Waals surface area (Å²) >= 11 is 0. The first kappa shape index (κ1) is 10.7. The predicted octanol–water partition coefficient (Wildman–Crippen LogP) is 3.66. The second-order valence-electron chi connectivity index (χ2n) is 3.55. The molecule has 0 radical (unpaired) electrons. The zero-order valence-electron chi connectivity index (χ0n) is 9.13. The van der Waals surface area contributed by atoms with Gasteiger partial charge in [0.1, 0.15) is 11.4 Å². The number of allylic oxidation sites excluding steroid dienone is 1. The van der Waals surface area contributed by atoms with Gasteiger partial charge in [-0.3, -0.25) is 0 Å². The van der Waals surface area contributed by atoms with Crippen molar-refractivity contribution in [1.82, 2.24) is 0 Å². The lowest BCUT2D eigenvalue weighted by molar-refractivity contribution is 0.225. The zero-order valence-corrected chi connectivity index (χ0v) is 9.13. The smallest absolute Gasteiger partial charge is 0.134 e. The maximum Gasteiger partial charge on any atom is 0.134 e. The lowest BCUT2D eigenvalue weighted by atomic mass is 10.1. The minimum absolute atomic E-state index is 0.267. The Balaban J connectivity index is 2.30. The van der Waals surface area contributed by atoms with Crippen LogP contribution in [0.3, 0.4) is 0 Å². The van der Waals surface area contributed by atoms with Crippen LogP contribution in [0.1, 0.15) is 12.5 Å². The second-order valence-corrected chi connectivity index (χ2v) is 3.55. The van der Waals surface area contributed by atoms with Gasteiger partial charge in [0, 0.05) is 17.4 Å². The molecular formula is C13H13FO2. The van der Waals surface area contributed by atoms with Crippen LogP contribution in [0.4, 0.5) is 4.39 Å². The fraction of sp³-hybridized carbons (Fsp3) is 0.231. The summed E-state index contributed by atoms with van der Waals surface area (Å²) in [6.07, 6.45) is 2.17. The molecule has 0 amide bonds. The second kappa shape index (κ2) is 4.39. The van der Waals surface area contributed by atoms with E-state index in [9.17, 15) is 4.39 Å². The molecule has 2 rings (SSSR count). The van der Waals surface area contributed by atoms with Crippen molar-refractivity contribution in [3.63, 3.8) is 0 Å². The average molecular weight is 220 g/mol. The van der Waals surface area contributed by atoms with Gasteiger partial charge in [-0.1, -0.05) is 6.58 Å². The van der Waals surface area contributed by atoms with E-state index in [-0.39, 0.29) is 5.82 Å². The van der Waals surface area contributed by atoms with Crippen LogP contribution < -0.4 is 0 Å². The maximum absolute atomic E-state index is 13.1. The molecule has 0 saturated carbocycles. The van der Waals surface area contributed by atoms with E-state index in [1.807, 2.05) is 6.92 Å². The monoisotopic (exact) mass is 220 g/mol. The molecular weight excluding hydrogens is 207 g/mol. The molecule has 84 valence electrons. The van der Waals surface area contributed by atoms with Gasteiger partial charge in [0.15, 0.2) is 0 Å². The van der Waals surface area contributed by atoms with Crippen LogP contribution in [-0.2, 0) is 11.2 Å². The van der Waals surface area contributed by atoms with E-state index in [0.29, 0.717) is 24.4 Å². The Labute approximate surface area is 93.3 Å². The highest BCUT2D eigenvalue weighted by Gasteiger charge is 2.08. The lowest BCUT2D eigenvalue weighted by Gasteiger charge is -2.04. The Morgan fingerprint density at radius 2 is 2.31 bits per heavy atom. The third kappa shape index (κ3) is 2.08. The minimum atomic E-state index is -0.267. The highest BCUT2D eigenvalue weighted by Crippen LogP contribution is 2.24. The fourth-order valence-electron chi connectivity index (χ4n) is 1.66. The van der Waals surface area contributed by atoms with Crippen molar-refractivity contribution >= 4 is 11.0 Å². The molecule has 0 bridgehead atoms. The number of furan rings is 1. The Bertz CT molecular complexity index is 514. The Morgan fingerprint density at radius 3 is 3.06 bits per heavy atom. The van der Waals surface area contributed by atoms with Gasteiger partial charge in [-0.15, -0.1) is 0 Å². The third-order valence-electron chi connectivity index (χ3n) is 2.35. The molecule has 0 aliphatic heterocycles. The van der Waals surface area contributed by atoms with E-state index in [1.54, 1.807) is 12.3 Å². The number of rotatable bonds is 4. The van der Waals surface area contributed by atoms with E-state index >= 15 is 0 Å². The van der Waals surface area contributed by atoms with Gasteiger partial charge in [-0.25, -0.2) is 4.39 Å². The van der Waals surface area contributed by atoms with Crippen LogP contribution in [0.15, 0.2) is 41.2 Å². The van der Waals surface area contributed by atoms with E-state index in [2.05, 4.69) is 6.58 Å². The summed E-state index contributed by atoms with van der Waals surface area (Å²) in [6.45, 7) is 6.28. The first-order valence-corrected chi connectivity index (χ1v) is 5.17. The van der Waals surface area contributed by atoms with Crippen LogP contribution in [0.2, 0.25) is 0 Å². The molecule has 2 aromatic rings. The number of benzene rings is 1. The van der Waals surface area contributed by atoms with Crippen molar-refractivity contribution in [2.24, 2.45) is 0 Å². The molecule has 0 unspecified atom stereocenters. The maximum atomic E-state index is 13.1. The van der Waals surface area contributed by atoms with Gasteiger partial charge in [0.05, 0.1) is 18.6 Å². The molecule has 1 aromatic heterocycles.